The van der Waals surface area contributed by atoms with Crippen LogP contribution in [-0.2, 0) is 39.6 Å². The van der Waals surface area contributed by atoms with E-state index in [9.17, 15) is 28.5 Å². The number of nitrogen functional groups attached to an aromatic ring is 1. The molecular formula is C17H15N5O8S2. The molecule has 3 fully saturated rings. The number of hydrogen-bond acceptors (Lipinski definition) is 12. The van der Waals surface area contributed by atoms with Crippen molar-refractivity contribution in [3.8, 4) is 6.07 Å². The van der Waals surface area contributed by atoms with Gasteiger partial charge in [0.1, 0.15) is 17.1 Å². The lowest BCUT2D eigenvalue weighted by Gasteiger charge is -2.56. The van der Waals surface area contributed by atoms with Gasteiger partial charge in [0, 0.05) is 28.4 Å². The van der Waals surface area contributed by atoms with Gasteiger partial charge in [-0.25, -0.2) is 9.78 Å². The fraction of sp³-hybridized carbons (Fsp3) is 0.471. The zero-order chi connectivity index (χ0) is 23.2. The van der Waals surface area contributed by atoms with Crippen molar-refractivity contribution >= 4 is 56.6 Å². The fourth-order valence-corrected chi connectivity index (χ4v) is 6.66. The van der Waals surface area contributed by atoms with E-state index >= 15 is 0 Å². The number of carboxylic acids is 1. The number of aliphatic carboxylic acids is 1. The van der Waals surface area contributed by atoms with E-state index in [1.165, 1.54) is 5.38 Å². The number of rotatable bonds is 7. The van der Waals surface area contributed by atoms with Crippen molar-refractivity contribution in [2.75, 3.05) is 18.1 Å². The highest BCUT2D eigenvalue weighted by Gasteiger charge is 2.72. The minimum absolute atomic E-state index is 0.0793. The number of aromatic nitrogens is 1. The molecule has 1 aromatic heterocycles. The predicted molar refractivity (Wildman–Crippen MR) is 106 cm³/mol. The molecule has 3 saturated heterocycles. The molecule has 3 aliphatic heterocycles. The lowest BCUT2D eigenvalue weighted by molar-refractivity contribution is -0.220. The van der Waals surface area contributed by atoms with Gasteiger partial charge in [-0.1, -0.05) is 5.16 Å². The van der Waals surface area contributed by atoms with Crippen molar-refractivity contribution in [2.45, 2.75) is 23.9 Å². The van der Waals surface area contributed by atoms with E-state index in [-0.39, 0.29) is 28.7 Å². The molecule has 168 valence electrons. The van der Waals surface area contributed by atoms with Gasteiger partial charge >= 0.3 is 11.9 Å². The number of hydrogen-bond donors (Lipinski definition) is 2. The Morgan fingerprint density at radius 2 is 2.28 bits per heavy atom. The number of carbonyl (C=O) groups excluding carboxylic acids is 3. The van der Waals surface area contributed by atoms with Gasteiger partial charge in [0.25, 0.3) is 5.72 Å². The summed E-state index contributed by atoms with van der Waals surface area (Å²) in [5.74, 6) is -6.01. The largest absolute Gasteiger partial charge is 0.477 e. The number of oxime groups is 1. The Hall–Kier alpha value is -3.38. The predicted octanol–water partition coefficient (Wildman–Crippen LogP) is -1.18. The van der Waals surface area contributed by atoms with Gasteiger partial charge in [0.15, 0.2) is 16.6 Å². The fourth-order valence-electron chi connectivity index (χ4n) is 4.10. The van der Waals surface area contributed by atoms with E-state index < -0.39 is 70.4 Å². The molecule has 0 radical (unpaired) electrons. The number of nitriles is 1. The molecule has 4 heterocycles. The van der Waals surface area contributed by atoms with Crippen LogP contribution in [0.25, 0.3) is 0 Å². The van der Waals surface area contributed by atoms with Crippen LogP contribution in [0.5, 0.6) is 0 Å². The van der Waals surface area contributed by atoms with Crippen LogP contribution in [0.2, 0.25) is 0 Å². The number of anilines is 1. The van der Waals surface area contributed by atoms with Crippen LogP contribution in [0.15, 0.2) is 10.5 Å². The molecule has 3 aliphatic rings. The van der Waals surface area contributed by atoms with Crippen LogP contribution >= 0.6 is 11.3 Å². The second-order valence-corrected chi connectivity index (χ2v) is 9.67. The molecule has 1 amide bonds. The summed E-state index contributed by atoms with van der Waals surface area (Å²) in [6, 6.07) is 1.69. The molecule has 0 unspecified atom stereocenters. The molecule has 0 aliphatic carbocycles. The number of nitrogens with zero attached hydrogens (tertiary/aromatic N) is 4. The molecule has 0 spiro atoms. The van der Waals surface area contributed by atoms with E-state index in [2.05, 4.69) is 10.1 Å². The van der Waals surface area contributed by atoms with E-state index in [1.54, 1.807) is 6.07 Å². The monoisotopic (exact) mass is 481 g/mol. The second kappa shape index (κ2) is 7.95. The van der Waals surface area contributed by atoms with Crippen LogP contribution < -0.4 is 5.73 Å². The summed E-state index contributed by atoms with van der Waals surface area (Å²) in [5.41, 5.74) is 3.17. The number of Topliss-reactive ketones (excluding diaryl/α,β-unsaturated/α-hetero) is 1. The Labute approximate surface area is 186 Å². The Morgan fingerprint density at radius 1 is 1.53 bits per heavy atom. The molecular weight excluding hydrogens is 466 g/mol. The lowest BCUT2D eigenvalue weighted by atomic mass is 9.84. The third-order valence-electron chi connectivity index (χ3n) is 5.41. The number of ketones is 1. The first-order valence-electron chi connectivity index (χ1n) is 9.17. The SMILES string of the molecule is N#CCO/N=C(\C(=O)C[C@@H]1C(=O)N2[C@@H]1[S@@](=O)C[C@@H]1CC(=O)O[C@@]12C(=O)O)c1csc(N)n1. The summed E-state index contributed by atoms with van der Waals surface area (Å²) >= 11 is 1.04. The summed E-state index contributed by atoms with van der Waals surface area (Å²) in [6.07, 6.45) is -0.733. The van der Waals surface area contributed by atoms with Gasteiger partial charge in [0.05, 0.1) is 18.3 Å². The number of nitrogens with two attached hydrogens (primary N) is 1. The van der Waals surface area contributed by atoms with Gasteiger partial charge in [0.2, 0.25) is 12.5 Å². The summed E-state index contributed by atoms with van der Waals surface area (Å²) in [5, 5.41) is 22.5. The standard InChI is InChI=1S/C17H15N5O8S2/c18-1-2-29-21-12(9-5-31-16(19)20-9)10(23)4-8-13(25)22-14(8)32(28)6-7-3-11(24)30-17(7,22)15(26)27/h5,7-8,14H,2-4,6H2,(H2,19,20)(H,26,27)/b21-12-/t7-,8+,14+,17+,32-/m0/s1. The van der Waals surface area contributed by atoms with Crippen LogP contribution in [0, 0.1) is 23.2 Å². The molecule has 5 atom stereocenters. The maximum absolute atomic E-state index is 12.9. The topological polar surface area (TPSA) is 202 Å². The van der Waals surface area contributed by atoms with Crippen LogP contribution in [0.1, 0.15) is 18.5 Å². The van der Waals surface area contributed by atoms with Crippen molar-refractivity contribution in [3.05, 3.63) is 11.1 Å². The summed E-state index contributed by atoms with van der Waals surface area (Å²) in [4.78, 5) is 59.2. The number of β-lactam (4-membered cyclic amide) rings is 1. The minimum atomic E-state index is -2.22. The van der Waals surface area contributed by atoms with Gasteiger partial charge in [-0.3, -0.25) is 23.5 Å². The molecule has 0 saturated carbocycles. The minimum Gasteiger partial charge on any atom is -0.477 e. The summed E-state index contributed by atoms with van der Waals surface area (Å²) in [6.45, 7) is -0.437. The van der Waals surface area contributed by atoms with Crippen molar-refractivity contribution in [1.29, 1.82) is 5.26 Å². The zero-order valence-electron chi connectivity index (χ0n) is 16.1. The first-order chi connectivity index (χ1) is 15.2. The smallest absolute Gasteiger partial charge is 0.370 e. The lowest BCUT2D eigenvalue weighted by Crippen LogP contribution is -2.78. The van der Waals surface area contributed by atoms with Crippen LogP contribution in [0.3, 0.4) is 0 Å². The number of fused-ring (bicyclic) bond motifs is 3. The molecule has 1 aromatic rings. The average molecular weight is 481 g/mol. The molecule has 0 aromatic carbocycles. The summed E-state index contributed by atoms with van der Waals surface area (Å²) in [7, 11) is -1.71. The molecule has 3 N–H and O–H groups in total. The third-order valence-corrected chi connectivity index (χ3v) is 7.89. The van der Waals surface area contributed by atoms with Crippen molar-refractivity contribution in [1.82, 2.24) is 9.88 Å². The number of amides is 1. The third kappa shape index (κ3) is 3.22. The highest BCUT2D eigenvalue weighted by Crippen LogP contribution is 2.50. The highest BCUT2D eigenvalue weighted by atomic mass is 32.2. The molecule has 13 nitrogen and oxygen atoms in total. The van der Waals surface area contributed by atoms with E-state index in [4.69, 9.17) is 20.6 Å². The second-order valence-electron chi connectivity index (χ2n) is 7.20. The van der Waals surface area contributed by atoms with Crippen molar-refractivity contribution in [3.63, 3.8) is 0 Å². The highest BCUT2D eigenvalue weighted by molar-refractivity contribution is 7.85. The Balaban J connectivity index is 1.60. The first kappa shape index (κ1) is 21.8. The van der Waals surface area contributed by atoms with Gasteiger partial charge in [-0.15, -0.1) is 11.3 Å². The molecule has 4 rings (SSSR count). The zero-order valence-corrected chi connectivity index (χ0v) is 17.8. The Kier molecular flexibility index (Phi) is 5.42. The number of esters is 1. The number of ether oxygens (including phenoxy) is 1. The maximum atomic E-state index is 12.9. The van der Waals surface area contributed by atoms with Crippen molar-refractivity contribution < 1.29 is 38.1 Å². The number of carboxylic acid groups (broad SMARTS) is 1. The van der Waals surface area contributed by atoms with Gasteiger partial charge in [-0.05, 0) is 0 Å². The Morgan fingerprint density at radius 3 is 2.91 bits per heavy atom. The number of carbonyl (C=O) groups is 4. The Bertz CT molecular complexity index is 1130. The van der Waals surface area contributed by atoms with E-state index in [0.29, 0.717) is 0 Å². The maximum Gasteiger partial charge on any atom is 0.370 e. The number of thiazole rings is 1. The van der Waals surface area contributed by atoms with E-state index in [0.717, 1.165) is 16.2 Å². The van der Waals surface area contributed by atoms with E-state index in [1.807, 2.05) is 0 Å². The van der Waals surface area contributed by atoms with Crippen LogP contribution in [-0.4, -0.2) is 72.0 Å². The molecule has 0 bridgehead atoms. The van der Waals surface area contributed by atoms with Gasteiger partial charge in [-0.2, -0.15) is 5.26 Å². The van der Waals surface area contributed by atoms with Crippen LogP contribution in [0.4, 0.5) is 5.13 Å². The average Bonchev–Trinajstić information content (AvgIpc) is 3.30. The first-order valence-corrected chi connectivity index (χ1v) is 11.4. The molecule has 15 heteroatoms. The quantitative estimate of drug-likeness (QED) is 0.156. The molecule has 32 heavy (non-hydrogen) atoms. The van der Waals surface area contributed by atoms with Gasteiger partial charge < -0.3 is 20.4 Å². The normalized spacial score (nSPS) is 31.1. The summed E-state index contributed by atoms with van der Waals surface area (Å²) < 4.78 is 17.8. The van der Waals surface area contributed by atoms with Crippen molar-refractivity contribution in [2.24, 2.45) is 17.0 Å².